The molecule has 0 bridgehead atoms. The number of benzene rings is 1. The summed E-state index contributed by atoms with van der Waals surface area (Å²) < 4.78 is 5.16. The van der Waals surface area contributed by atoms with Crippen molar-refractivity contribution < 1.29 is 9.84 Å². The van der Waals surface area contributed by atoms with Crippen molar-refractivity contribution in [1.29, 1.82) is 0 Å². The third-order valence-electron chi connectivity index (χ3n) is 3.26. The smallest absolute Gasteiger partial charge is 0.118 e. The quantitative estimate of drug-likeness (QED) is 0.770. The molecule has 0 fully saturated rings. The molecule has 0 saturated carbocycles. The zero-order chi connectivity index (χ0) is 13.5. The highest BCUT2D eigenvalue weighted by molar-refractivity contribution is 5.30. The Morgan fingerprint density at radius 2 is 1.94 bits per heavy atom. The molecule has 3 N–H and O–H groups in total. The number of hydrogen-bond acceptors (Lipinski definition) is 4. The predicted octanol–water partition coefficient (Wildman–Crippen LogP) is 1.40. The first-order chi connectivity index (χ1) is 8.63. The maximum atomic E-state index is 9.07. The van der Waals surface area contributed by atoms with Gasteiger partial charge in [0.25, 0.3) is 0 Å². The molecule has 0 amide bonds. The fourth-order valence-electron chi connectivity index (χ4n) is 2.15. The number of methoxy groups -OCH3 is 1. The van der Waals surface area contributed by atoms with Gasteiger partial charge < -0.3 is 15.6 Å². The number of ether oxygens (including phenoxy) is 1. The highest BCUT2D eigenvalue weighted by Crippen LogP contribution is 2.25. The molecule has 0 spiro atoms. The highest BCUT2D eigenvalue weighted by Gasteiger charge is 2.22. The zero-order valence-electron chi connectivity index (χ0n) is 11.5. The van der Waals surface area contributed by atoms with E-state index in [1.165, 1.54) is 0 Å². The van der Waals surface area contributed by atoms with Crippen molar-refractivity contribution in [2.24, 2.45) is 5.73 Å². The van der Waals surface area contributed by atoms with Crippen LogP contribution in [-0.4, -0.2) is 43.4 Å². The molecule has 0 saturated heterocycles. The molecule has 102 valence electrons. The van der Waals surface area contributed by atoms with Crippen molar-refractivity contribution in [3.8, 4) is 5.75 Å². The Hall–Kier alpha value is -1.10. The molecule has 0 radical (unpaired) electrons. The molecule has 2 unspecified atom stereocenters. The Kier molecular flexibility index (Phi) is 6.12. The van der Waals surface area contributed by atoms with Crippen LogP contribution in [0, 0.1) is 0 Å². The molecular weight excluding hydrogens is 228 g/mol. The van der Waals surface area contributed by atoms with E-state index in [1.54, 1.807) is 7.11 Å². The summed E-state index contributed by atoms with van der Waals surface area (Å²) in [5.41, 5.74) is 7.35. The van der Waals surface area contributed by atoms with Crippen molar-refractivity contribution in [2.75, 3.05) is 27.3 Å². The van der Waals surface area contributed by atoms with Crippen LogP contribution in [0.15, 0.2) is 24.3 Å². The van der Waals surface area contributed by atoms with Gasteiger partial charge in [0.1, 0.15) is 5.75 Å². The Morgan fingerprint density at radius 3 is 2.39 bits per heavy atom. The van der Waals surface area contributed by atoms with Gasteiger partial charge in [0.15, 0.2) is 0 Å². The highest BCUT2D eigenvalue weighted by atomic mass is 16.5. The number of aliphatic hydroxyl groups excluding tert-OH is 1. The van der Waals surface area contributed by atoms with Gasteiger partial charge in [-0.05, 0) is 31.2 Å². The first kappa shape index (κ1) is 15.0. The summed E-state index contributed by atoms with van der Waals surface area (Å²) in [4.78, 5) is 2.09. The molecule has 0 aliphatic carbocycles. The lowest BCUT2D eigenvalue weighted by Crippen LogP contribution is -2.40. The average Bonchev–Trinajstić information content (AvgIpc) is 2.40. The van der Waals surface area contributed by atoms with Crippen LogP contribution in [0.1, 0.15) is 24.9 Å². The third kappa shape index (κ3) is 3.70. The molecule has 0 heterocycles. The number of nitrogens with zero attached hydrogens (tertiary/aromatic N) is 1. The lowest BCUT2D eigenvalue weighted by atomic mass is 9.96. The Morgan fingerprint density at radius 1 is 1.33 bits per heavy atom. The number of rotatable bonds is 7. The Labute approximate surface area is 109 Å². The summed E-state index contributed by atoms with van der Waals surface area (Å²) in [5, 5.41) is 9.07. The fraction of sp³-hybridized carbons (Fsp3) is 0.571. The van der Waals surface area contributed by atoms with Gasteiger partial charge in [-0.1, -0.05) is 19.1 Å². The summed E-state index contributed by atoms with van der Waals surface area (Å²) in [5.74, 6) is 0.840. The van der Waals surface area contributed by atoms with E-state index in [9.17, 15) is 0 Å². The minimum atomic E-state index is 0.0509. The second-order valence-corrected chi connectivity index (χ2v) is 4.49. The van der Waals surface area contributed by atoms with E-state index in [2.05, 4.69) is 11.8 Å². The van der Waals surface area contributed by atoms with E-state index >= 15 is 0 Å². The molecule has 18 heavy (non-hydrogen) atoms. The van der Waals surface area contributed by atoms with Gasteiger partial charge in [0.05, 0.1) is 13.7 Å². The van der Waals surface area contributed by atoms with Crippen LogP contribution in [0.2, 0.25) is 0 Å². The summed E-state index contributed by atoms with van der Waals surface area (Å²) >= 11 is 0. The molecular formula is C14H24N2O2. The molecule has 4 heteroatoms. The monoisotopic (exact) mass is 252 g/mol. The van der Waals surface area contributed by atoms with Crippen LogP contribution in [0.3, 0.4) is 0 Å². The summed E-state index contributed by atoms with van der Waals surface area (Å²) in [6.07, 6.45) is 0.895. The molecule has 0 aromatic heterocycles. The number of aliphatic hydroxyl groups is 1. The second-order valence-electron chi connectivity index (χ2n) is 4.49. The average molecular weight is 252 g/mol. The predicted molar refractivity (Wildman–Crippen MR) is 73.7 cm³/mol. The van der Waals surface area contributed by atoms with Gasteiger partial charge in [-0.3, -0.25) is 4.90 Å². The molecule has 2 atom stereocenters. The molecule has 1 rings (SSSR count). The third-order valence-corrected chi connectivity index (χ3v) is 3.26. The van der Waals surface area contributed by atoms with Gasteiger partial charge >= 0.3 is 0 Å². The van der Waals surface area contributed by atoms with E-state index in [1.807, 2.05) is 31.3 Å². The Balaban J connectivity index is 2.93. The van der Waals surface area contributed by atoms with Crippen LogP contribution in [0.4, 0.5) is 0 Å². The second kappa shape index (κ2) is 7.36. The van der Waals surface area contributed by atoms with Crippen LogP contribution in [-0.2, 0) is 0 Å². The number of nitrogens with two attached hydrogens (primary N) is 1. The van der Waals surface area contributed by atoms with E-state index in [0.29, 0.717) is 6.54 Å². The van der Waals surface area contributed by atoms with E-state index < -0.39 is 0 Å². The molecule has 1 aromatic rings. The standard InChI is InChI=1S/C14H24N2O2/c1-4-13(15)14(16(2)9-10-17)11-5-7-12(18-3)8-6-11/h5-8,13-14,17H,4,9-10,15H2,1-3H3. The van der Waals surface area contributed by atoms with Crippen molar-refractivity contribution in [2.45, 2.75) is 25.4 Å². The minimum absolute atomic E-state index is 0.0509. The van der Waals surface area contributed by atoms with Gasteiger partial charge in [-0.2, -0.15) is 0 Å². The van der Waals surface area contributed by atoms with Crippen molar-refractivity contribution in [1.82, 2.24) is 4.90 Å². The summed E-state index contributed by atoms with van der Waals surface area (Å²) in [6, 6.07) is 8.12. The molecule has 0 aliphatic rings. The van der Waals surface area contributed by atoms with Crippen LogP contribution in [0.25, 0.3) is 0 Å². The summed E-state index contributed by atoms with van der Waals surface area (Å²) in [7, 11) is 3.64. The normalized spacial score (nSPS) is 14.6. The van der Waals surface area contributed by atoms with Gasteiger partial charge in [0, 0.05) is 18.6 Å². The molecule has 4 nitrogen and oxygen atoms in total. The van der Waals surface area contributed by atoms with E-state index in [-0.39, 0.29) is 18.7 Å². The first-order valence-corrected chi connectivity index (χ1v) is 6.34. The zero-order valence-corrected chi connectivity index (χ0v) is 11.5. The van der Waals surface area contributed by atoms with Crippen molar-refractivity contribution >= 4 is 0 Å². The van der Waals surface area contributed by atoms with E-state index in [4.69, 9.17) is 15.6 Å². The maximum Gasteiger partial charge on any atom is 0.118 e. The van der Waals surface area contributed by atoms with Crippen molar-refractivity contribution in [3.63, 3.8) is 0 Å². The number of likely N-dealkylation sites (N-methyl/N-ethyl adjacent to an activating group) is 1. The maximum absolute atomic E-state index is 9.07. The lowest BCUT2D eigenvalue weighted by Gasteiger charge is -2.32. The van der Waals surface area contributed by atoms with Crippen LogP contribution in [0.5, 0.6) is 5.75 Å². The molecule has 1 aromatic carbocycles. The SMILES string of the molecule is CCC(N)C(c1ccc(OC)cc1)N(C)CCO. The Bertz CT molecular complexity index is 340. The van der Waals surface area contributed by atoms with Crippen LogP contribution < -0.4 is 10.5 Å². The summed E-state index contributed by atoms with van der Waals surface area (Å²) in [6.45, 7) is 2.83. The van der Waals surface area contributed by atoms with Crippen molar-refractivity contribution in [3.05, 3.63) is 29.8 Å². The number of hydrogen-bond donors (Lipinski definition) is 2. The fourth-order valence-corrected chi connectivity index (χ4v) is 2.15. The van der Waals surface area contributed by atoms with Gasteiger partial charge in [-0.15, -0.1) is 0 Å². The minimum Gasteiger partial charge on any atom is -0.497 e. The van der Waals surface area contributed by atoms with E-state index in [0.717, 1.165) is 17.7 Å². The van der Waals surface area contributed by atoms with Gasteiger partial charge in [0.2, 0.25) is 0 Å². The van der Waals surface area contributed by atoms with Gasteiger partial charge in [-0.25, -0.2) is 0 Å². The topological polar surface area (TPSA) is 58.7 Å². The first-order valence-electron chi connectivity index (χ1n) is 6.34. The van der Waals surface area contributed by atoms with Crippen LogP contribution >= 0.6 is 0 Å². The lowest BCUT2D eigenvalue weighted by molar-refractivity contribution is 0.161. The largest absolute Gasteiger partial charge is 0.497 e. The molecule has 0 aliphatic heterocycles.